The molecule has 2 atom stereocenters. The van der Waals surface area contributed by atoms with Crippen molar-refractivity contribution in [2.75, 3.05) is 47.5 Å². The van der Waals surface area contributed by atoms with E-state index in [-0.39, 0.29) is 32.0 Å². The van der Waals surface area contributed by atoms with Crippen LogP contribution in [-0.4, -0.2) is 70.0 Å². The van der Waals surface area contributed by atoms with E-state index in [9.17, 15) is 19.0 Å². The zero-order chi connectivity index (χ0) is 63.4. The molecule has 9 nitrogen and oxygen atoms in total. The lowest BCUT2D eigenvalue weighted by Gasteiger charge is -2.28. The first-order chi connectivity index (χ1) is 42.5. The lowest BCUT2D eigenvalue weighted by atomic mass is 10.0. The van der Waals surface area contributed by atoms with Gasteiger partial charge in [0.15, 0.2) is 6.10 Å². The molecule has 0 radical (unpaired) electrons. The highest BCUT2D eigenvalue weighted by atomic mass is 31.2. The van der Waals surface area contributed by atoms with Crippen molar-refractivity contribution in [2.24, 2.45) is 0 Å². The molecule has 0 saturated carbocycles. The van der Waals surface area contributed by atoms with Crippen LogP contribution >= 0.6 is 7.82 Å². The molecule has 0 bridgehead atoms. The number of carbonyl (C=O) groups is 2. The number of hydrogen-bond acceptors (Lipinski definition) is 8. The number of phosphoric ester groups is 1. The number of nitrogens with zero attached hydrogens (tertiary/aromatic N) is 1. The molecule has 0 amide bonds. The van der Waals surface area contributed by atoms with Gasteiger partial charge in [-0.15, -0.1) is 0 Å². The number of hydrogen-bond donors (Lipinski definition) is 0. The molecule has 0 aliphatic rings. The normalized spacial score (nSPS) is 13.6. The Labute approximate surface area is 539 Å². The Morgan fingerprint density at radius 3 is 0.977 bits per heavy atom. The molecule has 87 heavy (non-hydrogen) atoms. The Morgan fingerprint density at radius 1 is 0.368 bits per heavy atom. The van der Waals surface area contributed by atoms with Crippen LogP contribution < -0.4 is 4.89 Å². The number of esters is 2. The Balaban J connectivity index is 4.02. The summed E-state index contributed by atoms with van der Waals surface area (Å²) >= 11 is 0. The molecule has 0 aromatic rings. The predicted octanol–water partition coefficient (Wildman–Crippen LogP) is 23.5. The van der Waals surface area contributed by atoms with Crippen molar-refractivity contribution in [2.45, 2.75) is 347 Å². The van der Waals surface area contributed by atoms with Crippen molar-refractivity contribution < 1.29 is 42.1 Å². The topological polar surface area (TPSA) is 111 Å². The fraction of sp³-hybridized carbons (Fsp3) is 0.792. The van der Waals surface area contributed by atoms with Crippen LogP contribution in [0.15, 0.2) is 85.1 Å². The van der Waals surface area contributed by atoms with Gasteiger partial charge in [-0.1, -0.05) is 343 Å². The minimum atomic E-state index is -4.65. The van der Waals surface area contributed by atoms with Gasteiger partial charge < -0.3 is 27.9 Å². The molecule has 0 spiro atoms. The number of rotatable bonds is 68. The van der Waals surface area contributed by atoms with Crippen molar-refractivity contribution >= 4 is 19.8 Å². The van der Waals surface area contributed by atoms with Gasteiger partial charge in [-0.05, 0) is 70.6 Å². The Bertz CT molecular complexity index is 1740. The molecular weight excluding hydrogens is 1100 g/mol. The molecule has 0 rings (SSSR count). The van der Waals surface area contributed by atoms with Crippen LogP contribution in [0.5, 0.6) is 0 Å². The standard InChI is InChI=1S/C77H140NO8P/c1-6-8-10-12-14-16-18-20-22-24-26-28-30-32-34-36-38-40-41-43-45-47-49-51-53-55-57-59-61-63-65-67-69-76(79)83-73-75(74-85-87(81,82)84-72-71-78(3,4)5)86-77(80)70-68-66-64-62-60-58-56-54-52-50-48-46-44-42-39-37-35-33-31-29-27-25-23-21-19-17-15-13-11-9-7-2/h9,11,15,17,21,23,27,29,33,35,39,42,46,48,75H,6-8,10,12-14,16,18-20,22,24-26,28,30-32,34,36-38,40-41,43-45,47,49-74H2,1-5H3/b11-9-,17-15-,23-21-,29-27-,35-33-,42-39-,48-46-. The lowest BCUT2D eigenvalue weighted by molar-refractivity contribution is -0.870. The molecular formula is C77H140NO8P. The van der Waals surface area contributed by atoms with E-state index in [2.05, 4.69) is 98.9 Å². The first kappa shape index (κ1) is 84.2. The Morgan fingerprint density at radius 2 is 0.655 bits per heavy atom. The van der Waals surface area contributed by atoms with Gasteiger partial charge in [-0.3, -0.25) is 14.2 Å². The first-order valence-corrected chi connectivity index (χ1v) is 38.3. The van der Waals surface area contributed by atoms with Crippen LogP contribution in [0.3, 0.4) is 0 Å². The van der Waals surface area contributed by atoms with E-state index in [0.29, 0.717) is 17.4 Å². The number of likely N-dealkylation sites (N-methyl/N-ethyl adjacent to an activating group) is 1. The van der Waals surface area contributed by atoms with Gasteiger partial charge in [0.05, 0.1) is 27.7 Å². The third-order valence-electron chi connectivity index (χ3n) is 16.2. The number of unbranched alkanes of at least 4 members (excludes halogenated alkanes) is 40. The lowest BCUT2D eigenvalue weighted by Crippen LogP contribution is -2.37. The SMILES string of the molecule is CC/C=C\C/C=C\C/C=C\C/C=C\C/C=C\C/C=C\C/C=C\CCCCCCCCCCCC(=O)OC(COC(=O)CCCCCCCCCCCCCCCCCCCCCCCCCCCCCCCCCC)COP(=O)([O-])OCC[N+](C)(C)C. The maximum Gasteiger partial charge on any atom is 0.306 e. The maximum atomic E-state index is 12.9. The molecule has 2 unspecified atom stereocenters. The van der Waals surface area contributed by atoms with Crippen LogP contribution in [0.25, 0.3) is 0 Å². The van der Waals surface area contributed by atoms with E-state index in [0.717, 1.165) is 89.9 Å². The summed E-state index contributed by atoms with van der Waals surface area (Å²) in [5, 5.41) is 0. The average molecular weight is 1240 g/mol. The molecule has 0 aromatic heterocycles. The number of carbonyl (C=O) groups excluding carboxylic acids is 2. The molecule has 0 aromatic carbocycles. The number of phosphoric acid groups is 1. The summed E-state index contributed by atoms with van der Waals surface area (Å²) in [6.07, 6.45) is 92.5. The van der Waals surface area contributed by atoms with Crippen molar-refractivity contribution in [1.29, 1.82) is 0 Å². The third kappa shape index (κ3) is 72.1. The number of allylic oxidation sites excluding steroid dienone is 14. The summed E-state index contributed by atoms with van der Waals surface area (Å²) in [7, 11) is 1.17. The molecule has 10 heteroatoms. The van der Waals surface area contributed by atoms with Gasteiger partial charge in [0, 0.05) is 12.8 Å². The Hall–Kier alpha value is -2.81. The summed E-state index contributed by atoms with van der Waals surface area (Å²) in [6, 6.07) is 0. The zero-order valence-electron chi connectivity index (χ0n) is 57.7. The summed E-state index contributed by atoms with van der Waals surface area (Å²) in [5.41, 5.74) is 0. The van der Waals surface area contributed by atoms with Gasteiger partial charge in [0.2, 0.25) is 0 Å². The highest BCUT2D eigenvalue weighted by Gasteiger charge is 2.22. The van der Waals surface area contributed by atoms with Gasteiger partial charge in [-0.25, -0.2) is 0 Å². The Kier molecular flexibility index (Phi) is 65.4. The maximum absolute atomic E-state index is 12.9. The fourth-order valence-electron chi connectivity index (χ4n) is 10.6. The second kappa shape index (κ2) is 67.6. The van der Waals surface area contributed by atoms with E-state index in [4.69, 9.17) is 18.5 Å². The fourth-order valence-corrected chi connectivity index (χ4v) is 11.3. The van der Waals surface area contributed by atoms with Crippen molar-refractivity contribution in [3.05, 3.63) is 85.1 Å². The van der Waals surface area contributed by atoms with E-state index in [1.807, 2.05) is 21.1 Å². The van der Waals surface area contributed by atoms with E-state index in [1.165, 1.54) is 218 Å². The van der Waals surface area contributed by atoms with Gasteiger partial charge in [-0.2, -0.15) is 0 Å². The van der Waals surface area contributed by atoms with Gasteiger partial charge in [0.25, 0.3) is 7.82 Å². The van der Waals surface area contributed by atoms with Crippen LogP contribution in [0.1, 0.15) is 341 Å². The highest BCUT2D eigenvalue weighted by molar-refractivity contribution is 7.45. The summed E-state index contributed by atoms with van der Waals surface area (Å²) in [4.78, 5) is 38.1. The molecule has 0 N–H and O–H groups in total. The minimum absolute atomic E-state index is 0.0338. The molecule has 0 saturated heterocycles. The van der Waals surface area contributed by atoms with Crippen LogP contribution in [0.4, 0.5) is 0 Å². The molecule has 0 aliphatic carbocycles. The molecule has 506 valence electrons. The van der Waals surface area contributed by atoms with Crippen LogP contribution in [0.2, 0.25) is 0 Å². The largest absolute Gasteiger partial charge is 0.756 e. The monoisotopic (exact) mass is 1240 g/mol. The highest BCUT2D eigenvalue weighted by Crippen LogP contribution is 2.38. The van der Waals surface area contributed by atoms with Crippen molar-refractivity contribution in [3.8, 4) is 0 Å². The predicted molar refractivity (Wildman–Crippen MR) is 374 cm³/mol. The minimum Gasteiger partial charge on any atom is -0.756 e. The quantitative estimate of drug-likeness (QED) is 0.0195. The van der Waals surface area contributed by atoms with Crippen molar-refractivity contribution in [3.63, 3.8) is 0 Å². The molecule has 0 heterocycles. The summed E-state index contributed by atoms with van der Waals surface area (Å²) < 4.78 is 34.3. The van der Waals surface area contributed by atoms with Crippen LogP contribution in [-0.2, 0) is 32.7 Å². The zero-order valence-corrected chi connectivity index (χ0v) is 58.6. The summed E-state index contributed by atoms with van der Waals surface area (Å²) in [6.45, 7) is 4.17. The first-order valence-electron chi connectivity index (χ1n) is 36.8. The van der Waals surface area contributed by atoms with Crippen LogP contribution in [0, 0.1) is 0 Å². The van der Waals surface area contributed by atoms with E-state index >= 15 is 0 Å². The smallest absolute Gasteiger partial charge is 0.306 e. The second-order valence-corrected chi connectivity index (χ2v) is 27.3. The molecule has 0 fully saturated rings. The second-order valence-electron chi connectivity index (χ2n) is 25.9. The van der Waals surface area contributed by atoms with E-state index < -0.39 is 26.5 Å². The number of ether oxygens (including phenoxy) is 2. The average Bonchev–Trinajstić information content (AvgIpc) is 3.62. The molecule has 0 aliphatic heterocycles. The summed E-state index contributed by atoms with van der Waals surface area (Å²) in [5.74, 6) is -0.829. The van der Waals surface area contributed by atoms with E-state index in [1.54, 1.807) is 0 Å². The van der Waals surface area contributed by atoms with Crippen molar-refractivity contribution in [1.82, 2.24) is 0 Å². The van der Waals surface area contributed by atoms with Gasteiger partial charge in [0.1, 0.15) is 19.8 Å². The van der Waals surface area contributed by atoms with Gasteiger partial charge >= 0.3 is 11.9 Å². The number of quaternary nitrogens is 1. The third-order valence-corrected chi connectivity index (χ3v) is 17.1.